The summed E-state index contributed by atoms with van der Waals surface area (Å²) in [6.07, 6.45) is 3.94. The molecule has 0 saturated carbocycles. The van der Waals surface area contributed by atoms with Gasteiger partial charge in [0.1, 0.15) is 5.83 Å². The van der Waals surface area contributed by atoms with Crippen LogP contribution < -0.4 is 5.32 Å². The molecule has 6 nitrogen and oxygen atoms in total. The number of halogens is 1. The monoisotopic (exact) mass is 354 g/mol. The number of unbranched alkanes of at least 4 members (excludes halogenated alkanes) is 1. The summed E-state index contributed by atoms with van der Waals surface area (Å²) in [6, 6.07) is 0. The lowest BCUT2D eigenvalue weighted by molar-refractivity contribution is -0.142. The number of allylic oxidation sites excluding steroid dienone is 3. The largest absolute Gasteiger partial charge is 0.394 e. The van der Waals surface area contributed by atoms with Gasteiger partial charge in [-0.3, -0.25) is 9.59 Å². The first-order valence-corrected chi connectivity index (χ1v) is 8.39. The molecule has 1 heterocycles. The van der Waals surface area contributed by atoms with E-state index in [1.807, 2.05) is 0 Å². The average molecular weight is 354 g/mol. The molecule has 0 unspecified atom stereocenters. The van der Waals surface area contributed by atoms with Gasteiger partial charge in [0.15, 0.2) is 0 Å². The zero-order chi connectivity index (χ0) is 18.8. The molecule has 1 aliphatic rings. The number of aliphatic hydroxyl groups excluding tert-OH is 2. The van der Waals surface area contributed by atoms with Crippen molar-refractivity contribution in [3.63, 3.8) is 0 Å². The minimum atomic E-state index is -0.706. The summed E-state index contributed by atoms with van der Waals surface area (Å²) < 4.78 is 13.2. The van der Waals surface area contributed by atoms with Gasteiger partial charge in [0.2, 0.25) is 11.8 Å². The molecule has 25 heavy (non-hydrogen) atoms. The highest BCUT2D eigenvalue weighted by atomic mass is 19.1. The van der Waals surface area contributed by atoms with E-state index in [4.69, 9.17) is 5.11 Å². The van der Waals surface area contributed by atoms with E-state index >= 15 is 0 Å². The Morgan fingerprint density at radius 3 is 2.60 bits per heavy atom. The zero-order valence-electron chi connectivity index (χ0n) is 14.4. The highest BCUT2D eigenvalue weighted by molar-refractivity contribution is 5.85. The summed E-state index contributed by atoms with van der Waals surface area (Å²) >= 11 is 0. The molecule has 2 amide bonds. The Labute approximate surface area is 147 Å². The smallest absolute Gasteiger partial charge is 0.227 e. The molecule has 0 bridgehead atoms. The van der Waals surface area contributed by atoms with Crippen LogP contribution in [0.25, 0.3) is 0 Å². The molecular weight excluding hydrogens is 327 g/mol. The van der Waals surface area contributed by atoms with E-state index in [9.17, 15) is 19.1 Å². The lowest BCUT2D eigenvalue weighted by Crippen LogP contribution is -2.55. The summed E-state index contributed by atoms with van der Waals surface area (Å²) in [5.74, 6) is -1.25. The summed E-state index contributed by atoms with van der Waals surface area (Å²) in [4.78, 5) is 25.5. The van der Waals surface area contributed by atoms with Gasteiger partial charge in [-0.25, -0.2) is 4.39 Å². The minimum Gasteiger partial charge on any atom is -0.394 e. The van der Waals surface area contributed by atoms with Gasteiger partial charge in [-0.05, 0) is 24.8 Å². The Kier molecular flexibility index (Phi) is 9.08. The summed E-state index contributed by atoms with van der Waals surface area (Å²) in [7, 11) is 0. The van der Waals surface area contributed by atoms with Crippen molar-refractivity contribution in [1.29, 1.82) is 0 Å². The first-order valence-electron chi connectivity index (χ1n) is 8.39. The van der Waals surface area contributed by atoms with Crippen LogP contribution in [0.2, 0.25) is 0 Å². The molecule has 1 atom stereocenters. The molecule has 0 spiro atoms. The van der Waals surface area contributed by atoms with Crippen molar-refractivity contribution in [1.82, 2.24) is 10.2 Å². The SMILES string of the molecule is C=C/C=C(/CC(=O)N1CC(C(=O)NCCCC[C@H](O)CO)C1)C(=C)F. The minimum absolute atomic E-state index is 0.0944. The van der Waals surface area contributed by atoms with Crippen LogP contribution in [0, 0.1) is 5.92 Å². The van der Waals surface area contributed by atoms with Gasteiger partial charge in [-0.1, -0.05) is 25.3 Å². The van der Waals surface area contributed by atoms with Gasteiger partial charge < -0.3 is 20.4 Å². The number of nitrogens with zero attached hydrogens (tertiary/aromatic N) is 1. The van der Waals surface area contributed by atoms with Crippen LogP contribution in [0.1, 0.15) is 25.7 Å². The quantitative estimate of drug-likeness (QED) is 0.382. The van der Waals surface area contributed by atoms with Crippen molar-refractivity contribution in [2.45, 2.75) is 31.8 Å². The van der Waals surface area contributed by atoms with Crippen molar-refractivity contribution in [2.75, 3.05) is 26.2 Å². The van der Waals surface area contributed by atoms with Gasteiger partial charge in [0.25, 0.3) is 0 Å². The first-order chi connectivity index (χ1) is 11.9. The van der Waals surface area contributed by atoms with E-state index in [1.165, 1.54) is 17.1 Å². The molecule has 1 rings (SSSR count). The lowest BCUT2D eigenvalue weighted by atomic mass is 9.97. The molecule has 1 fully saturated rings. The number of likely N-dealkylation sites (tertiary alicyclic amines) is 1. The summed E-state index contributed by atoms with van der Waals surface area (Å²) in [6.45, 7) is 7.56. The molecule has 0 aliphatic carbocycles. The Morgan fingerprint density at radius 1 is 1.36 bits per heavy atom. The fourth-order valence-electron chi connectivity index (χ4n) is 2.46. The molecule has 0 aromatic carbocycles. The number of hydrogen-bond acceptors (Lipinski definition) is 4. The van der Waals surface area contributed by atoms with Crippen LogP contribution in [0.5, 0.6) is 0 Å². The Morgan fingerprint density at radius 2 is 2.04 bits per heavy atom. The third kappa shape index (κ3) is 7.19. The van der Waals surface area contributed by atoms with Crippen LogP contribution in [-0.2, 0) is 9.59 Å². The van der Waals surface area contributed by atoms with E-state index in [-0.39, 0.29) is 36.3 Å². The Bertz CT molecular complexity index is 527. The Balaban J connectivity index is 2.23. The van der Waals surface area contributed by atoms with E-state index in [0.29, 0.717) is 38.9 Å². The van der Waals surface area contributed by atoms with Crippen LogP contribution in [0.15, 0.2) is 36.7 Å². The van der Waals surface area contributed by atoms with Gasteiger partial charge in [-0.15, -0.1) is 0 Å². The molecule has 0 radical (unpaired) electrons. The van der Waals surface area contributed by atoms with Crippen molar-refractivity contribution < 1.29 is 24.2 Å². The standard InChI is InChI=1S/C18H27FN2O4/c1-3-6-14(13(2)19)9-17(24)21-10-15(11-21)18(25)20-8-5-4-7-16(23)12-22/h3,6,15-16,22-23H,1-2,4-5,7-12H2,(H,20,25)/b14-6-/t16-/m0/s1. The number of hydrogen-bond donors (Lipinski definition) is 3. The lowest BCUT2D eigenvalue weighted by Gasteiger charge is -2.38. The van der Waals surface area contributed by atoms with Crippen molar-refractivity contribution in [3.05, 3.63) is 36.7 Å². The van der Waals surface area contributed by atoms with Gasteiger partial charge >= 0.3 is 0 Å². The van der Waals surface area contributed by atoms with Crippen molar-refractivity contribution in [2.24, 2.45) is 5.92 Å². The molecule has 0 aromatic rings. The van der Waals surface area contributed by atoms with E-state index in [1.54, 1.807) is 0 Å². The van der Waals surface area contributed by atoms with E-state index in [2.05, 4.69) is 18.5 Å². The molecular formula is C18H27FN2O4. The highest BCUT2D eigenvalue weighted by Gasteiger charge is 2.35. The molecule has 140 valence electrons. The maximum absolute atomic E-state index is 13.2. The summed E-state index contributed by atoms with van der Waals surface area (Å²) in [5.41, 5.74) is 0.193. The second-order valence-electron chi connectivity index (χ2n) is 6.13. The normalized spacial score (nSPS) is 16.1. The highest BCUT2D eigenvalue weighted by Crippen LogP contribution is 2.21. The molecule has 3 N–H and O–H groups in total. The number of amides is 2. The summed E-state index contributed by atoms with van der Waals surface area (Å²) in [5, 5.41) is 20.7. The zero-order valence-corrected chi connectivity index (χ0v) is 14.4. The van der Waals surface area contributed by atoms with Crippen LogP contribution in [-0.4, -0.2) is 59.3 Å². The second-order valence-corrected chi connectivity index (χ2v) is 6.13. The molecule has 0 aromatic heterocycles. The van der Waals surface area contributed by atoms with E-state index in [0.717, 1.165) is 0 Å². The fourth-order valence-corrected chi connectivity index (χ4v) is 2.46. The number of nitrogens with one attached hydrogen (secondary N) is 1. The number of rotatable bonds is 11. The van der Waals surface area contributed by atoms with Crippen molar-refractivity contribution >= 4 is 11.8 Å². The van der Waals surface area contributed by atoms with Crippen LogP contribution >= 0.6 is 0 Å². The second kappa shape index (κ2) is 10.8. The fraction of sp³-hybridized carbons (Fsp3) is 0.556. The topological polar surface area (TPSA) is 89.9 Å². The average Bonchev–Trinajstić information content (AvgIpc) is 2.52. The number of carbonyl (C=O) groups excluding carboxylic acids is 2. The number of aliphatic hydroxyl groups is 2. The third-order valence-corrected chi connectivity index (χ3v) is 4.09. The molecule has 7 heteroatoms. The van der Waals surface area contributed by atoms with Crippen LogP contribution in [0.4, 0.5) is 4.39 Å². The predicted octanol–water partition coefficient (Wildman–Crippen LogP) is 1.07. The van der Waals surface area contributed by atoms with Gasteiger partial charge in [-0.2, -0.15) is 0 Å². The van der Waals surface area contributed by atoms with E-state index < -0.39 is 11.9 Å². The van der Waals surface area contributed by atoms with Crippen molar-refractivity contribution in [3.8, 4) is 0 Å². The number of carbonyl (C=O) groups is 2. The maximum Gasteiger partial charge on any atom is 0.227 e. The van der Waals surface area contributed by atoms with Crippen LogP contribution in [0.3, 0.4) is 0 Å². The first kappa shape index (κ1) is 21.1. The molecule has 1 aliphatic heterocycles. The molecule has 1 saturated heterocycles. The predicted molar refractivity (Wildman–Crippen MR) is 93.2 cm³/mol. The van der Waals surface area contributed by atoms with Gasteiger partial charge in [0.05, 0.1) is 25.0 Å². The third-order valence-electron chi connectivity index (χ3n) is 4.09. The maximum atomic E-state index is 13.2. The van der Waals surface area contributed by atoms with Gasteiger partial charge in [0, 0.05) is 19.6 Å². The Hall–Kier alpha value is -1.99.